The fourth-order valence-electron chi connectivity index (χ4n) is 2.44. The van der Waals surface area contributed by atoms with Crippen LogP contribution in [-0.4, -0.2) is 94.9 Å². The molecule has 0 aliphatic heterocycles. The van der Waals surface area contributed by atoms with E-state index < -0.39 is 43.5 Å². The van der Waals surface area contributed by atoms with Crippen LogP contribution in [0.1, 0.15) is 5.56 Å². The molecular weight excluding hydrogens is 372 g/mol. The van der Waals surface area contributed by atoms with Crippen LogP contribution in [0.25, 0.3) is 0 Å². The highest BCUT2D eigenvalue weighted by Crippen LogP contribution is 2.00. The zero-order chi connectivity index (χ0) is 20.9. The molecule has 1 rings (SSSR count). The molecule has 10 nitrogen and oxygen atoms in total. The van der Waals surface area contributed by atoms with E-state index in [-0.39, 0.29) is 26.2 Å². The summed E-state index contributed by atoms with van der Waals surface area (Å²) in [6.07, 6.45) is 0.524. The van der Waals surface area contributed by atoms with Gasteiger partial charge in [0, 0.05) is 19.5 Å². The smallest absolute Gasteiger partial charge is 0.320 e. The molecule has 0 aliphatic carbocycles. The van der Waals surface area contributed by atoms with E-state index in [4.69, 9.17) is 20.1 Å². The molecule has 10 heteroatoms. The van der Waals surface area contributed by atoms with Crippen LogP contribution in [0, 0.1) is 0 Å². The van der Waals surface area contributed by atoms with Gasteiger partial charge < -0.3 is 20.1 Å². The quantitative estimate of drug-likeness (QED) is 0.356. The van der Waals surface area contributed by atoms with Gasteiger partial charge in [-0.1, -0.05) is 30.3 Å². The van der Waals surface area contributed by atoms with E-state index in [2.05, 4.69) is 0 Å². The van der Waals surface area contributed by atoms with Gasteiger partial charge in [-0.15, -0.1) is 0 Å². The van der Waals surface area contributed by atoms with Gasteiger partial charge in [-0.2, -0.15) is 0 Å². The first kappa shape index (κ1) is 23.1. The minimum absolute atomic E-state index is 0.000640. The summed E-state index contributed by atoms with van der Waals surface area (Å²) in [7, 11) is 0. The number of benzene rings is 1. The van der Waals surface area contributed by atoms with E-state index in [9.17, 15) is 19.2 Å². The van der Waals surface area contributed by atoms with E-state index in [1.54, 1.807) is 0 Å². The second-order valence-electron chi connectivity index (χ2n) is 6.06. The van der Waals surface area contributed by atoms with Crippen molar-refractivity contribution in [2.45, 2.75) is 6.42 Å². The lowest BCUT2D eigenvalue weighted by Crippen LogP contribution is -2.43. The van der Waals surface area contributed by atoms with Crippen LogP contribution in [0.3, 0.4) is 0 Å². The standard InChI is InChI=1S/C18H24N2O8/c21-15(22)10-19(11-16(23)24)7-8-20(12-17(25)26)13-18(27)28-9-6-14-4-2-1-3-5-14/h1-5H,6-13H2,(H,21,22)(H,23,24)(H,25,26). The van der Waals surface area contributed by atoms with E-state index >= 15 is 0 Å². The van der Waals surface area contributed by atoms with Gasteiger partial charge in [-0.25, -0.2) is 0 Å². The molecule has 0 aromatic heterocycles. The second kappa shape index (κ2) is 12.4. The Kier molecular flexibility index (Phi) is 10.2. The molecular formula is C18H24N2O8. The minimum atomic E-state index is -1.20. The zero-order valence-corrected chi connectivity index (χ0v) is 15.3. The fraction of sp³-hybridized carbons (Fsp3) is 0.444. The Morgan fingerprint density at radius 1 is 0.750 bits per heavy atom. The van der Waals surface area contributed by atoms with Crippen molar-refractivity contribution < 1.29 is 39.2 Å². The Morgan fingerprint density at radius 3 is 1.68 bits per heavy atom. The van der Waals surface area contributed by atoms with Crippen LogP contribution in [0.5, 0.6) is 0 Å². The largest absolute Gasteiger partial charge is 0.480 e. The Balaban J connectivity index is 2.51. The average molecular weight is 396 g/mol. The summed E-state index contributed by atoms with van der Waals surface area (Å²) in [6.45, 7) is -1.64. The predicted molar refractivity (Wildman–Crippen MR) is 96.9 cm³/mol. The molecule has 0 bridgehead atoms. The molecule has 3 N–H and O–H groups in total. The number of aliphatic carboxylic acids is 3. The highest BCUT2D eigenvalue weighted by atomic mass is 16.5. The van der Waals surface area contributed by atoms with E-state index in [1.165, 1.54) is 4.90 Å². The van der Waals surface area contributed by atoms with Gasteiger partial charge >= 0.3 is 23.9 Å². The number of carbonyl (C=O) groups excluding carboxylic acids is 1. The summed E-state index contributed by atoms with van der Waals surface area (Å²) in [5.74, 6) is -4.18. The third-order valence-corrected chi connectivity index (χ3v) is 3.66. The molecule has 0 aliphatic rings. The summed E-state index contributed by atoms with van der Waals surface area (Å²) in [4.78, 5) is 47.0. The van der Waals surface area contributed by atoms with Crippen LogP contribution in [-0.2, 0) is 30.3 Å². The summed E-state index contributed by atoms with van der Waals surface area (Å²) in [5.41, 5.74) is 0.996. The molecule has 0 radical (unpaired) electrons. The Morgan fingerprint density at radius 2 is 1.21 bits per heavy atom. The topological polar surface area (TPSA) is 145 Å². The Hall–Kier alpha value is -2.98. The SMILES string of the molecule is O=C(O)CN(CCN(CC(=O)O)CC(=O)OCCc1ccccc1)CC(=O)O. The minimum Gasteiger partial charge on any atom is -0.480 e. The lowest BCUT2D eigenvalue weighted by molar-refractivity contribution is -0.148. The monoisotopic (exact) mass is 396 g/mol. The summed E-state index contributed by atoms with van der Waals surface area (Å²) >= 11 is 0. The summed E-state index contributed by atoms with van der Waals surface area (Å²) < 4.78 is 5.12. The number of carbonyl (C=O) groups is 4. The molecule has 0 amide bonds. The van der Waals surface area contributed by atoms with Crippen molar-refractivity contribution in [1.29, 1.82) is 0 Å². The van der Waals surface area contributed by atoms with Crippen LogP contribution >= 0.6 is 0 Å². The summed E-state index contributed by atoms with van der Waals surface area (Å²) in [5, 5.41) is 26.6. The van der Waals surface area contributed by atoms with Gasteiger partial charge in [0.2, 0.25) is 0 Å². The van der Waals surface area contributed by atoms with Crippen LogP contribution in [0.2, 0.25) is 0 Å². The maximum Gasteiger partial charge on any atom is 0.320 e. The van der Waals surface area contributed by atoms with Crippen molar-refractivity contribution in [2.24, 2.45) is 0 Å². The Bertz CT molecular complexity index is 649. The van der Waals surface area contributed by atoms with E-state index in [0.717, 1.165) is 10.5 Å². The highest BCUT2D eigenvalue weighted by Gasteiger charge is 2.19. The van der Waals surface area contributed by atoms with Gasteiger partial charge in [0.25, 0.3) is 0 Å². The van der Waals surface area contributed by atoms with Gasteiger partial charge in [0.1, 0.15) is 0 Å². The molecule has 154 valence electrons. The molecule has 28 heavy (non-hydrogen) atoms. The maximum absolute atomic E-state index is 12.0. The van der Waals surface area contributed by atoms with Crippen molar-refractivity contribution in [1.82, 2.24) is 9.80 Å². The molecule has 0 saturated heterocycles. The van der Waals surface area contributed by atoms with Gasteiger partial charge in [-0.05, 0) is 5.56 Å². The number of hydrogen-bond acceptors (Lipinski definition) is 7. The van der Waals surface area contributed by atoms with Crippen molar-refractivity contribution in [3.05, 3.63) is 35.9 Å². The van der Waals surface area contributed by atoms with Gasteiger partial charge in [-0.3, -0.25) is 29.0 Å². The average Bonchev–Trinajstić information content (AvgIpc) is 2.59. The van der Waals surface area contributed by atoms with Crippen LogP contribution < -0.4 is 0 Å². The van der Waals surface area contributed by atoms with Crippen molar-refractivity contribution in [3.63, 3.8) is 0 Å². The number of nitrogens with zero attached hydrogens (tertiary/aromatic N) is 2. The van der Waals surface area contributed by atoms with E-state index in [1.807, 2.05) is 30.3 Å². The zero-order valence-electron chi connectivity index (χ0n) is 15.3. The Labute approximate surface area is 161 Å². The van der Waals surface area contributed by atoms with E-state index in [0.29, 0.717) is 6.42 Å². The summed E-state index contributed by atoms with van der Waals surface area (Å²) in [6, 6.07) is 9.39. The number of esters is 1. The molecule has 0 saturated carbocycles. The van der Waals surface area contributed by atoms with Crippen molar-refractivity contribution in [3.8, 4) is 0 Å². The molecule has 0 heterocycles. The second-order valence-corrected chi connectivity index (χ2v) is 6.06. The van der Waals surface area contributed by atoms with Crippen molar-refractivity contribution >= 4 is 23.9 Å². The molecule has 0 spiro atoms. The first-order valence-electron chi connectivity index (χ1n) is 8.56. The third kappa shape index (κ3) is 10.9. The van der Waals surface area contributed by atoms with Crippen LogP contribution in [0.4, 0.5) is 0 Å². The lowest BCUT2D eigenvalue weighted by Gasteiger charge is -2.24. The number of carboxylic acids is 3. The molecule has 0 atom stereocenters. The first-order chi connectivity index (χ1) is 13.3. The highest BCUT2D eigenvalue weighted by molar-refractivity contribution is 5.74. The fourth-order valence-corrected chi connectivity index (χ4v) is 2.44. The first-order valence-corrected chi connectivity index (χ1v) is 8.56. The number of hydrogen-bond donors (Lipinski definition) is 3. The molecule has 1 aromatic rings. The molecule has 0 fully saturated rings. The predicted octanol–water partition coefficient (Wildman–Crippen LogP) is -0.370. The normalized spacial score (nSPS) is 10.8. The van der Waals surface area contributed by atoms with Crippen LogP contribution in [0.15, 0.2) is 30.3 Å². The lowest BCUT2D eigenvalue weighted by atomic mass is 10.2. The molecule has 1 aromatic carbocycles. The van der Waals surface area contributed by atoms with Crippen molar-refractivity contribution in [2.75, 3.05) is 45.9 Å². The number of carboxylic acid groups (broad SMARTS) is 3. The maximum atomic E-state index is 12.0. The van der Waals surface area contributed by atoms with Gasteiger partial charge in [0.05, 0.1) is 32.8 Å². The third-order valence-electron chi connectivity index (χ3n) is 3.66. The number of ether oxygens (including phenoxy) is 1. The molecule has 0 unspecified atom stereocenters. The van der Waals surface area contributed by atoms with Gasteiger partial charge in [0.15, 0.2) is 0 Å². The number of rotatable bonds is 14.